The summed E-state index contributed by atoms with van der Waals surface area (Å²) in [6.07, 6.45) is 13.6. The second-order valence-electron chi connectivity index (χ2n) is 20.3. The molecule has 6 rings (SSSR count). The average molecular weight is 781 g/mol. The molecule has 6 aliphatic rings. The minimum atomic E-state index is -0.981. The number of carbonyl (C=O) groups is 6. The van der Waals surface area contributed by atoms with Gasteiger partial charge < -0.3 is 26.2 Å². The van der Waals surface area contributed by atoms with Crippen LogP contribution in [0.1, 0.15) is 158 Å². The molecule has 2 heterocycles. The number of ketones is 1. The maximum absolute atomic E-state index is 15.3. The molecule has 12 nitrogen and oxygen atoms in total. The second-order valence-corrected chi connectivity index (χ2v) is 20.3. The molecule has 4 saturated carbocycles. The molecule has 6 fully saturated rings. The van der Waals surface area contributed by atoms with Crippen LogP contribution >= 0.6 is 0 Å². The first-order valence-corrected chi connectivity index (χ1v) is 22.2. The first-order valence-electron chi connectivity index (χ1n) is 22.2. The van der Waals surface area contributed by atoms with E-state index in [1.807, 2.05) is 27.7 Å². The zero-order valence-electron chi connectivity index (χ0n) is 35.7. The third kappa shape index (κ3) is 7.90. The van der Waals surface area contributed by atoms with Gasteiger partial charge in [0, 0.05) is 24.0 Å². The quantitative estimate of drug-likeness (QED) is 0.185. The van der Waals surface area contributed by atoms with E-state index in [0.29, 0.717) is 25.8 Å². The Morgan fingerprint density at radius 1 is 0.768 bits per heavy atom. The second kappa shape index (κ2) is 16.3. The molecule has 4 aliphatic carbocycles. The fourth-order valence-electron chi connectivity index (χ4n) is 11.6. The minimum Gasteiger partial charge on any atom is -0.347 e. The van der Waals surface area contributed by atoms with E-state index in [-0.39, 0.29) is 58.0 Å². The number of hydrogen-bond acceptors (Lipinski definition) is 7. The number of Topliss-reactive ketones (excluding diaryl/α,β-unsaturated/α-hetero) is 1. The van der Waals surface area contributed by atoms with E-state index in [0.717, 1.165) is 90.0 Å². The van der Waals surface area contributed by atoms with E-state index in [4.69, 9.17) is 0 Å². The summed E-state index contributed by atoms with van der Waals surface area (Å²) in [6, 6.07) is -3.67. The standard InChI is InChI=1S/C44H72N6O6/c1-9-16-30(34(51)38(54)45-29-20-21-29)46-37(53)32-25-44(42(7,8)43(44)22-15-23-43)26-50(32)40(56)33(28-17-11-10-12-18-28)47-39(55)35(41(4,5)6)48-36(52)31-19-13-14-24-49(31)27(2)3/h27-33,35H,9-26H2,1-8H3,(H,45,54)(H,46,53)(H,47,55)(H,48,52)/t30-,31-,32-,33-,35+,44+/m0/s1. The summed E-state index contributed by atoms with van der Waals surface area (Å²) in [4.78, 5) is 88.5. The zero-order valence-corrected chi connectivity index (χ0v) is 35.7. The highest BCUT2D eigenvalue weighted by Gasteiger charge is 2.85. The molecule has 0 bridgehead atoms. The highest BCUT2D eigenvalue weighted by Crippen LogP contribution is 2.88. The van der Waals surface area contributed by atoms with Crippen LogP contribution in [-0.2, 0) is 28.8 Å². The van der Waals surface area contributed by atoms with Gasteiger partial charge in [0.1, 0.15) is 18.1 Å². The molecular formula is C44H72N6O6. The Morgan fingerprint density at radius 2 is 1.41 bits per heavy atom. The van der Waals surface area contributed by atoms with Crippen molar-refractivity contribution in [1.82, 2.24) is 31.1 Å². The summed E-state index contributed by atoms with van der Waals surface area (Å²) in [7, 11) is 0. The predicted octanol–water partition coefficient (Wildman–Crippen LogP) is 4.78. The first-order chi connectivity index (χ1) is 26.4. The van der Waals surface area contributed by atoms with Gasteiger partial charge in [-0.05, 0) is 107 Å². The lowest BCUT2D eigenvalue weighted by Gasteiger charge is -2.40. The highest BCUT2D eigenvalue weighted by atomic mass is 16.2. The summed E-state index contributed by atoms with van der Waals surface area (Å²) in [5.41, 5.74) is -0.930. The Morgan fingerprint density at radius 3 is 1.96 bits per heavy atom. The van der Waals surface area contributed by atoms with Gasteiger partial charge in [0.05, 0.1) is 12.1 Å². The molecule has 2 spiro atoms. The maximum Gasteiger partial charge on any atom is 0.289 e. The van der Waals surface area contributed by atoms with Gasteiger partial charge in [-0.15, -0.1) is 0 Å². The molecule has 2 saturated heterocycles. The van der Waals surface area contributed by atoms with E-state index < -0.39 is 47.2 Å². The van der Waals surface area contributed by atoms with E-state index >= 15 is 4.79 Å². The van der Waals surface area contributed by atoms with Crippen LogP contribution in [0.5, 0.6) is 0 Å². The number of fused-ring (bicyclic) bond motifs is 1. The van der Waals surface area contributed by atoms with Gasteiger partial charge in [0.2, 0.25) is 29.4 Å². The van der Waals surface area contributed by atoms with E-state index in [2.05, 4.69) is 53.9 Å². The largest absolute Gasteiger partial charge is 0.347 e. The molecule has 0 aromatic heterocycles. The lowest BCUT2D eigenvalue weighted by molar-refractivity contribution is -0.145. The Kier molecular flexibility index (Phi) is 12.4. The molecule has 0 aromatic carbocycles. The van der Waals surface area contributed by atoms with Crippen LogP contribution in [0.25, 0.3) is 0 Å². The molecule has 0 radical (unpaired) electrons. The number of hydrogen-bond donors (Lipinski definition) is 4. The van der Waals surface area contributed by atoms with Crippen LogP contribution in [0.15, 0.2) is 0 Å². The monoisotopic (exact) mass is 781 g/mol. The third-order valence-electron chi connectivity index (χ3n) is 15.4. The van der Waals surface area contributed by atoms with Gasteiger partial charge in [-0.2, -0.15) is 0 Å². The molecule has 56 heavy (non-hydrogen) atoms. The summed E-state index contributed by atoms with van der Waals surface area (Å²) < 4.78 is 0. The van der Waals surface area contributed by atoms with E-state index in [1.54, 1.807) is 4.90 Å². The van der Waals surface area contributed by atoms with Crippen molar-refractivity contribution in [2.45, 2.75) is 200 Å². The number of nitrogens with one attached hydrogen (secondary N) is 4. The van der Waals surface area contributed by atoms with Crippen LogP contribution in [0, 0.1) is 27.6 Å². The summed E-state index contributed by atoms with van der Waals surface area (Å²) >= 11 is 0. The number of likely N-dealkylation sites (tertiary alicyclic amines) is 2. The average Bonchev–Trinajstić information content (AvgIpc) is 3.96. The van der Waals surface area contributed by atoms with Crippen LogP contribution in [0.3, 0.4) is 0 Å². The predicted molar refractivity (Wildman–Crippen MR) is 215 cm³/mol. The van der Waals surface area contributed by atoms with Crippen molar-refractivity contribution < 1.29 is 28.8 Å². The molecule has 6 atom stereocenters. The molecule has 5 amide bonds. The fourth-order valence-corrected chi connectivity index (χ4v) is 11.6. The number of amides is 5. The lowest BCUT2D eigenvalue weighted by atomic mass is 9.73. The fraction of sp³-hybridized carbons (Fsp3) is 0.864. The first kappa shape index (κ1) is 42.6. The molecule has 314 valence electrons. The smallest absolute Gasteiger partial charge is 0.289 e. The van der Waals surface area contributed by atoms with Gasteiger partial charge in [-0.1, -0.05) is 80.1 Å². The summed E-state index contributed by atoms with van der Waals surface area (Å²) in [5.74, 6) is -2.63. The van der Waals surface area contributed by atoms with E-state index in [1.165, 1.54) is 0 Å². The van der Waals surface area contributed by atoms with Crippen LogP contribution in [0.4, 0.5) is 0 Å². The summed E-state index contributed by atoms with van der Waals surface area (Å²) in [6.45, 7) is 17.7. The Labute approximate surface area is 335 Å². The highest BCUT2D eigenvalue weighted by molar-refractivity contribution is 6.38. The van der Waals surface area contributed by atoms with Crippen LogP contribution < -0.4 is 21.3 Å². The number of carbonyl (C=O) groups excluding carboxylic acids is 6. The number of piperidine rings is 1. The molecule has 0 unspecified atom stereocenters. The van der Waals surface area contributed by atoms with Crippen molar-refractivity contribution in [1.29, 1.82) is 0 Å². The van der Waals surface area contributed by atoms with Crippen molar-refractivity contribution in [2.75, 3.05) is 13.1 Å². The lowest BCUT2D eigenvalue weighted by Crippen LogP contribution is -2.63. The van der Waals surface area contributed by atoms with Gasteiger partial charge in [0.15, 0.2) is 0 Å². The number of rotatable bonds is 14. The van der Waals surface area contributed by atoms with E-state index in [9.17, 15) is 24.0 Å². The van der Waals surface area contributed by atoms with Crippen LogP contribution in [-0.4, -0.2) is 101 Å². The zero-order chi connectivity index (χ0) is 40.8. The van der Waals surface area contributed by atoms with Crippen molar-refractivity contribution >= 4 is 35.3 Å². The Bertz CT molecular complexity index is 1520. The van der Waals surface area contributed by atoms with Crippen molar-refractivity contribution in [3.63, 3.8) is 0 Å². The number of nitrogens with zero attached hydrogens (tertiary/aromatic N) is 2. The molecule has 12 heteroatoms. The molecular weight excluding hydrogens is 709 g/mol. The van der Waals surface area contributed by atoms with Gasteiger partial charge in [-0.25, -0.2) is 0 Å². The molecule has 2 aliphatic heterocycles. The Hall–Kier alpha value is -3.02. The summed E-state index contributed by atoms with van der Waals surface area (Å²) in [5, 5.41) is 12.1. The third-order valence-corrected chi connectivity index (χ3v) is 15.4. The Balaban J connectivity index is 1.27. The van der Waals surface area contributed by atoms with Crippen molar-refractivity contribution in [2.24, 2.45) is 27.6 Å². The van der Waals surface area contributed by atoms with Crippen LogP contribution in [0.2, 0.25) is 0 Å². The van der Waals surface area contributed by atoms with Gasteiger partial charge >= 0.3 is 0 Å². The van der Waals surface area contributed by atoms with Crippen molar-refractivity contribution in [3.8, 4) is 0 Å². The van der Waals surface area contributed by atoms with Crippen molar-refractivity contribution in [3.05, 3.63) is 0 Å². The van der Waals surface area contributed by atoms with Gasteiger partial charge in [-0.3, -0.25) is 33.7 Å². The van der Waals surface area contributed by atoms with Gasteiger partial charge in [0.25, 0.3) is 5.91 Å². The normalized spacial score (nSPS) is 28.9. The molecule has 0 aromatic rings. The topological polar surface area (TPSA) is 157 Å². The maximum atomic E-state index is 15.3. The molecule has 4 N–H and O–H groups in total. The SMILES string of the molecule is CCC[C@H](NC(=O)[C@@H]1C[C@@]2(CN1C(=O)[C@@H](NC(=O)[C@@H](NC(=O)[C@@H]1CCCCN1C(C)C)C(C)(C)C)C1CCCCC1)C(C)(C)C21CCC1)C(=O)C(=O)NC1CC1. The minimum absolute atomic E-state index is 0.0168.